The summed E-state index contributed by atoms with van der Waals surface area (Å²) in [6.07, 6.45) is 0.902. The number of allylic oxidation sites excluding steroid dienone is 3. The topological polar surface area (TPSA) is 81.3 Å². The Bertz CT molecular complexity index is 997. The first kappa shape index (κ1) is 19.5. The van der Waals surface area contributed by atoms with Gasteiger partial charge in [0.05, 0.1) is 29.6 Å². The van der Waals surface area contributed by atoms with Crippen LogP contribution in [0.2, 0.25) is 0 Å². The summed E-state index contributed by atoms with van der Waals surface area (Å²) in [5, 5.41) is 21.4. The molecular weight excluding hydrogens is 352 g/mol. The van der Waals surface area contributed by atoms with Crippen LogP contribution < -0.4 is 10.2 Å². The first-order chi connectivity index (χ1) is 13.5. The van der Waals surface area contributed by atoms with Crippen LogP contribution in [0.4, 0.5) is 5.82 Å². The standard InChI is InChI=1S/C21H24N6O/c1-13-17(12-22)19(20(23-3)14(2)24-13)15-7-8-18-16(11-15)21(26-25-18)27(4)9-6-10-28-5/h7-8,11,19,24H,6,9-10H2,1-2,4-5H3,(H,25,26). The number of nitrogens with zero attached hydrogens (tertiary/aromatic N) is 4. The third-order valence-electron chi connectivity index (χ3n) is 5.07. The Morgan fingerprint density at radius 2 is 2.14 bits per heavy atom. The molecule has 0 spiro atoms. The quantitative estimate of drug-likeness (QED) is 0.594. The Morgan fingerprint density at radius 3 is 2.82 bits per heavy atom. The van der Waals surface area contributed by atoms with E-state index in [0.29, 0.717) is 17.9 Å². The van der Waals surface area contributed by atoms with E-state index < -0.39 is 0 Å². The number of hydrogen-bond donors (Lipinski definition) is 2. The Hall–Kier alpha value is -3.29. The molecule has 0 saturated carbocycles. The maximum atomic E-state index is 9.72. The number of methoxy groups -OCH3 is 1. The summed E-state index contributed by atoms with van der Waals surface area (Å²) >= 11 is 0. The monoisotopic (exact) mass is 376 g/mol. The zero-order valence-electron chi connectivity index (χ0n) is 16.6. The van der Waals surface area contributed by atoms with Crippen molar-refractivity contribution in [3.05, 3.63) is 57.8 Å². The van der Waals surface area contributed by atoms with Crippen LogP contribution in [0.5, 0.6) is 0 Å². The van der Waals surface area contributed by atoms with Crippen LogP contribution >= 0.6 is 0 Å². The SMILES string of the molecule is [C-]#[N+]C1=C(C)NC(C)=C(C#N)C1c1ccc2[nH]nc(N(C)CCCOC)c2c1. The number of nitrogens with one attached hydrogen (secondary N) is 2. The average molecular weight is 376 g/mol. The number of anilines is 1. The maximum absolute atomic E-state index is 9.72. The number of aromatic amines is 1. The van der Waals surface area contributed by atoms with Crippen LogP contribution in [-0.4, -0.2) is 37.5 Å². The van der Waals surface area contributed by atoms with E-state index in [2.05, 4.69) is 31.3 Å². The highest BCUT2D eigenvalue weighted by Gasteiger charge is 2.30. The lowest BCUT2D eigenvalue weighted by atomic mass is 9.84. The molecule has 0 aliphatic carbocycles. The van der Waals surface area contributed by atoms with Gasteiger partial charge in [0.1, 0.15) is 0 Å². The predicted octanol–water partition coefficient (Wildman–Crippen LogP) is 3.67. The minimum Gasteiger partial charge on any atom is -0.385 e. The molecule has 3 rings (SSSR count). The lowest BCUT2D eigenvalue weighted by Gasteiger charge is -2.26. The number of ether oxygens (including phenoxy) is 1. The Morgan fingerprint density at radius 1 is 1.36 bits per heavy atom. The van der Waals surface area contributed by atoms with Crippen molar-refractivity contribution in [2.75, 3.05) is 32.2 Å². The van der Waals surface area contributed by atoms with E-state index in [4.69, 9.17) is 11.3 Å². The third-order valence-corrected chi connectivity index (χ3v) is 5.07. The van der Waals surface area contributed by atoms with Crippen LogP contribution in [0.3, 0.4) is 0 Å². The summed E-state index contributed by atoms with van der Waals surface area (Å²) in [4.78, 5) is 5.82. The number of benzene rings is 1. The second kappa shape index (κ2) is 8.16. The van der Waals surface area contributed by atoms with Gasteiger partial charge in [0.15, 0.2) is 11.5 Å². The van der Waals surface area contributed by atoms with Crippen LogP contribution in [0.1, 0.15) is 31.7 Å². The van der Waals surface area contributed by atoms with E-state index in [-0.39, 0.29) is 5.92 Å². The molecule has 0 bridgehead atoms. The number of aromatic nitrogens is 2. The number of rotatable bonds is 6. The molecule has 0 radical (unpaired) electrons. The summed E-state index contributed by atoms with van der Waals surface area (Å²) in [6, 6.07) is 8.27. The van der Waals surface area contributed by atoms with Gasteiger partial charge in [0.2, 0.25) is 0 Å². The smallest absolute Gasteiger partial charge is 0.196 e. The average Bonchev–Trinajstić information content (AvgIpc) is 3.10. The van der Waals surface area contributed by atoms with Gasteiger partial charge in [-0.2, -0.15) is 10.4 Å². The number of hydrogen-bond acceptors (Lipinski definition) is 5. The highest BCUT2D eigenvalue weighted by Crippen LogP contribution is 2.39. The van der Waals surface area contributed by atoms with Crippen LogP contribution in [-0.2, 0) is 4.74 Å². The fourth-order valence-corrected chi connectivity index (χ4v) is 3.64. The summed E-state index contributed by atoms with van der Waals surface area (Å²) in [6.45, 7) is 12.9. The molecule has 2 aromatic rings. The lowest BCUT2D eigenvalue weighted by Crippen LogP contribution is -2.23. The summed E-state index contributed by atoms with van der Waals surface area (Å²) in [5.41, 5.74) is 4.57. The second-order valence-corrected chi connectivity index (χ2v) is 6.95. The number of nitriles is 1. The molecule has 1 aromatic carbocycles. The van der Waals surface area contributed by atoms with E-state index in [1.807, 2.05) is 39.1 Å². The van der Waals surface area contributed by atoms with Gasteiger partial charge in [-0.05, 0) is 38.0 Å². The molecule has 1 aliphatic rings. The molecule has 7 heteroatoms. The number of dihydropyridines is 1. The van der Waals surface area contributed by atoms with Crippen molar-refractivity contribution in [3.63, 3.8) is 0 Å². The predicted molar refractivity (Wildman–Crippen MR) is 109 cm³/mol. The molecule has 28 heavy (non-hydrogen) atoms. The van der Waals surface area contributed by atoms with Crippen LogP contribution in [0.25, 0.3) is 15.7 Å². The highest BCUT2D eigenvalue weighted by atomic mass is 16.5. The van der Waals surface area contributed by atoms with Crippen molar-refractivity contribution >= 4 is 16.7 Å². The zero-order chi connectivity index (χ0) is 20.3. The largest absolute Gasteiger partial charge is 0.385 e. The van der Waals surface area contributed by atoms with Crippen molar-refractivity contribution in [1.29, 1.82) is 5.26 Å². The zero-order valence-corrected chi connectivity index (χ0v) is 16.6. The molecule has 1 atom stereocenters. The normalized spacial score (nSPS) is 16.7. The van der Waals surface area contributed by atoms with Crippen molar-refractivity contribution in [2.24, 2.45) is 0 Å². The van der Waals surface area contributed by atoms with Crippen molar-refractivity contribution in [1.82, 2.24) is 15.5 Å². The van der Waals surface area contributed by atoms with Gasteiger partial charge in [-0.15, -0.1) is 0 Å². The fraction of sp³-hybridized carbons (Fsp3) is 0.381. The van der Waals surface area contributed by atoms with E-state index >= 15 is 0 Å². The summed E-state index contributed by atoms with van der Waals surface area (Å²) in [5.74, 6) is 0.487. The molecular formula is C21H24N6O. The van der Waals surface area contributed by atoms with Crippen molar-refractivity contribution in [2.45, 2.75) is 26.2 Å². The Balaban J connectivity index is 2.06. The van der Waals surface area contributed by atoms with E-state index in [1.165, 1.54) is 0 Å². The molecule has 0 amide bonds. The minimum absolute atomic E-state index is 0.366. The van der Waals surface area contributed by atoms with Crippen molar-refractivity contribution in [3.8, 4) is 6.07 Å². The van der Waals surface area contributed by atoms with E-state index in [0.717, 1.165) is 46.6 Å². The molecule has 144 valence electrons. The Kier molecular flexibility index (Phi) is 5.67. The molecule has 1 aliphatic heterocycles. The summed E-state index contributed by atoms with van der Waals surface area (Å²) in [7, 11) is 3.70. The van der Waals surface area contributed by atoms with Gasteiger partial charge >= 0.3 is 0 Å². The third kappa shape index (κ3) is 3.45. The minimum atomic E-state index is -0.366. The van der Waals surface area contributed by atoms with Gasteiger partial charge in [0, 0.05) is 44.1 Å². The summed E-state index contributed by atoms with van der Waals surface area (Å²) < 4.78 is 5.13. The highest BCUT2D eigenvalue weighted by molar-refractivity contribution is 5.91. The molecule has 1 unspecified atom stereocenters. The van der Waals surface area contributed by atoms with Gasteiger partial charge in [-0.1, -0.05) is 6.07 Å². The van der Waals surface area contributed by atoms with E-state index in [9.17, 15) is 5.26 Å². The first-order valence-corrected chi connectivity index (χ1v) is 9.16. The van der Waals surface area contributed by atoms with Gasteiger partial charge in [-0.3, -0.25) is 5.10 Å². The maximum Gasteiger partial charge on any atom is 0.196 e. The molecule has 2 heterocycles. The molecule has 1 aromatic heterocycles. The number of H-pyrrole nitrogens is 1. The second-order valence-electron chi connectivity index (χ2n) is 6.95. The molecule has 7 nitrogen and oxygen atoms in total. The van der Waals surface area contributed by atoms with Gasteiger partial charge in [-0.25, -0.2) is 4.85 Å². The van der Waals surface area contributed by atoms with E-state index in [1.54, 1.807) is 7.11 Å². The molecule has 0 fully saturated rings. The number of fused-ring (bicyclic) bond motifs is 1. The lowest BCUT2D eigenvalue weighted by molar-refractivity contribution is 0.196. The van der Waals surface area contributed by atoms with Crippen LogP contribution in [0.15, 0.2) is 40.9 Å². The van der Waals surface area contributed by atoms with Crippen LogP contribution in [0, 0.1) is 17.9 Å². The van der Waals surface area contributed by atoms with Gasteiger partial charge < -0.3 is 15.0 Å². The van der Waals surface area contributed by atoms with Gasteiger partial charge in [0.25, 0.3) is 0 Å². The first-order valence-electron chi connectivity index (χ1n) is 9.16. The Labute approximate surface area is 165 Å². The van der Waals surface area contributed by atoms with Crippen molar-refractivity contribution < 1.29 is 4.74 Å². The molecule has 2 N–H and O–H groups in total. The molecule has 0 saturated heterocycles. The fourth-order valence-electron chi connectivity index (χ4n) is 3.64.